The molecule has 0 aliphatic carbocycles. The largest absolute Gasteiger partial charge is 0.484 e. The van der Waals surface area contributed by atoms with Gasteiger partial charge in [-0.25, -0.2) is 0 Å². The highest BCUT2D eigenvalue weighted by molar-refractivity contribution is 9.10. The Bertz CT molecular complexity index is 644. The van der Waals surface area contributed by atoms with Gasteiger partial charge in [0.25, 0.3) is 5.91 Å². The molecule has 0 radical (unpaired) electrons. The molecule has 1 amide bonds. The van der Waals surface area contributed by atoms with Gasteiger partial charge in [0.05, 0.1) is 12.8 Å². The normalized spacial score (nSPS) is 11.3. The van der Waals surface area contributed by atoms with Gasteiger partial charge in [-0.3, -0.25) is 4.79 Å². The topological polar surface area (TPSA) is 42.7 Å². The van der Waals surface area contributed by atoms with E-state index in [1.54, 1.807) is 30.3 Å². The Morgan fingerprint density at radius 1 is 1.26 bits per heavy atom. The Morgan fingerprint density at radius 3 is 2.65 bits per heavy atom. The zero-order valence-corrected chi connectivity index (χ0v) is 13.4. The van der Waals surface area contributed by atoms with Crippen LogP contribution in [0.4, 0.5) is 13.2 Å². The van der Waals surface area contributed by atoms with E-state index < -0.39 is 25.2 Å². The average molecular weight is 392 g/mol. The summed E-state index contributed by atoms with van der Waals surface area (Å²) in [6.07, 6.45) is -3.17. The van der Waals surface area contributed by atoms with Crippen LogP contribution in [0.2, 0.25) is 0 Å². The fourth-order valence-corrected chi connectivity index (χ4v) is 2.21. The van der Waals surface area contributed by atoms with E-state index in [4.69, 9.17) is 9.15 Å². The van der Waals surface area contributed by atoms with E-state index in [9.17, 15) is 18.0 Å². The van der Waals surface area contributed by atoms with E-state index >= 15 is 0 Å². The van der Waals surface area contributed by atoms with Gasteiger partial charge in [0.15, 0.2) is 6.61 Å². The van der Waals surface area contributed by atoms with Crippen molar-refractivity contribution in [2.75, 3.05) is 13.2 Å². The zero-order valence-electron chi connectivity index (χ0n) is 11.8. The van der Waals surface area contributed by atoms with Crippen molar-refractivity contribution in [3.63, 3.8) is 0 Å². The lowest BCUT2D eigenvalue weighted by atomic mass is 10.3. The van der Waals surface area contributed by atoms with Crippen LogP contribution in [-0.2, 0) is 11.3 Å². The fraction of sp³-hybridized carbons (Fsp3) is 0.267. The summed E-state index contributed by atoms with van der Waals surface area (Å²) in [5.41, 5.74) is 0. The molecule has 0 aliphatic rings. The molecule has 1 aromatic carbocycles. The molecule has 0 saturated carbocycles. The summed E-state index contributed by atoms with van der Waals surface area (Å²) >= 11 is 3.24. The number of rotatable bonds is 6. The molecule has 0 N–H and O–H groups in total. The number of ether oxygens (including phenoxy) is 1. The molecule has 0 spiro atoms. The summed E-state index contributed by atoms with van der Waals surface area (Å²) < 4.78 is 48.9. The lowest BCUT2D eigenvalue weighted by Gasteiger charge is -2.23. The monoisotopic (exact) mass is 391 g/mol. The molecule has 2 rings (SSSR count). The van der Waals surface area contributed by atoms with Crippen molar-refractivity contribution in [3.8, 4) is 5.75 Å². The van der Waals surface area contributed by atoms with Crippen molar-refractivity contribution in [2.45, 2.75) is 12.7 Å². The first kappa shape index (κ1) is 17.4. The molecule has 4 nitrogen and oxygen atoms in total. The molecule has 0 bridgehead atoms. The smallest absolute Gasteiger partial charge is 0.406 e. The van der Waals surface area contributed by atoms with Crippen LogP contribution in [0.15, 0.2) is 51.6 Å². The Hall–Kier alpha value is -1.96. The number of carbonyl (C=O) groups is 1. The average Bonchev–Trinajstić information content (AvgIpc) is 2.96. The lowest BCUT2D eigenvalue weighted by Crippen LogP contribution is -2.40. The van der Waals surface area contributed by atoms with E-state index in [-0.39, 0.29) is 12.3 Å². The van der Waals surface area contributed by atoms with E-state index in [1.165, 1.54) is 12.3 Å². The molecule has 0 atom stereocenters. The van der Waals surface area contributed by atoms with Gasteiger partial charge in [-0.15, -0.1) is 0 Å². The molecule has 8 heteroatoms. The molecule has 1 aromatic heterocycles. The van der Waals surface area contributed by atoms with E-state index in [0.717, 1.165) is 4.47 Å². The minimum absolute atomic E-state index is 0.269. The van der Waals surface area contributed by atoms with Gasteiger partial charge in [0.1, 0.15) is 18.1 Å². The summed E-state index contributed by atoms with van der Waals surface area (Å²) in [7, 11) is 0. The highest BCUT2D eigenvalue weighted by atomic mass is 79.9. The molecule has 1 heterocycles. The maximum Gasteiger partial charge on any atom is 0.406 e. The second kappa shape index (κ2) is 7.54. The predicted molar refractivity (Wildman–Crippen MR) is 79.8 cm³/mol. The fourth-order valence-electron chi connectivity index (χ4n) is 1.83. The lowest BCUT2D eigenvalue weighted by molar-refractivity contribution is -0.164. The molecule has 23 heavy (non-hydrogen) atoms. The van der Waals surface area contributed by atoms with Crippen molar-refractivity contribution in [3.05, 3.63) is 52.9 Å². The van der Waals surface area contributed by atoms with Gasteiger partial charge in [-0.05, 0) is 30.3 Å². The Balaban J connectivity index is 2.00. The van der Waals surface area contributed by atoms with Gasteiger partial charge < -0.3 is 14.1 Å². The SMILES string of the molecule is O=C(COc1cccc(Br)c1)N(Cc1ccco1)CC(F)(F)F. The number of hydrogen-bond donors (Lipinski definition) is 0. The van der Waals surface area contributed by atoms with E-state index in [0.29, 0.717) is 10.6 Å². The minimum Gasteiger partial charge on any atom is -0.484 e. The summed E-state index contributed by atoms with van der Waals surface area (Å²) in [6, 6.07) is 9.74. The number of amides is 1. The van der Waals surface area contributed by atoms with Gasteiger partial charge in [-0.2, -0.15) is 13.2 Å². The molecule has 0 fully saturated rings. The number of nitrogens with zero attached hydrogens (tertiary/aromatic N) is 1. The maximum absolute atomic E-state index is 12.6. The van der Waals surface area contributed by atoms with Crippen LogP contribution in [0, 0.1) is 0 Å². The minimum atomic E-state index is -4.50. The van der Waals surface area contributed by atoms with Crippen LogP contribution in [0.5, 0.6) is 5.75 Å². The number of carbonyl (C=O) groups excluding carboxylic acids is 1. The number of alkyl halides is 3. The van der Waals surface area contributed by atoms with Crippen molar-refractivity contribution in [2.24, 2.45) is 0 Å². The molecular weight excluding hydrogens is 379 g/mol. The Labute approximate surface area is 139 Å². The quantitative estimate of drug-likeness (QED) is 0.746. The van der Waals surface area contributed by atoms with Crippen molar-refractivity contribution >= 4 is 21.8 Å². The summed E-state index contributed by atoms with van der Waals surface area (Å²) in [5, 5.41) is 0. The standard InChI is InChI=1S/C15H13BrF3NO3/c16-11-3-1-4-12(7-11)23-9-14(21)20(10-15(17,18)19)8-13-5-2-6-22-13/h1-7H,8-10H2. The predicted octanol–water partition coefficient (Wildman–Crippen LogP) is 4.01. The molecule has 0 saturated heterocycles. The molecular formula is C15H13BrF3NO3. The first-order valence-corrected chi connectivity index (χ1v) is 7.38. The van der Waals surface area contributed by atoms with Crippen LogP contribution in [-0.4, -0.2) is 30.1 Å². The van der Waals surface area contributed by atoms with Crippen LogP contribution in [0.25, 0.3) is 0 Å². The molecule has 0 unspecified atom stereocenters. The zero-order chi connectivity index (χ0) is 16.9. The number of halogens is 4. The first-order chi connectivity index (χ1) is 10.8. The van der Waals surface area contributed by atoms with Gasteiger partial charge in [0, 0.05) is 4.47 Å². The van der Waals surface area contributed by atoms with Crippen molar-refractivity contribution < 1.29 is 27.1 Å². The van der Waals surface area contributed by atoms with Crippen LogP contribution in [0.3, 0.4) is 0 Å². The third-order valence-corrected chi connectivity index (χ3v) is 3.30. The van der Waals surface area contributed by atoms with Gasteiger partial charge >= 0.3 is 6.18 Å². The van der Waals surface area contributed by atoms with Crippen LogP contribution in [0.1, 0.15) is 5.76 Å². The van der Waals surface area contributed by atoms with Crippen LogP contribution >= 0.6 is 15.9 Å². The van der Waals surface area contributed by atoms with Crippen molar-refractivity contribution in [1.82, 2.24) is 4.90 Å². The van der Waals surface area contributed by atoms with Gasteiger partial charge in [0.2, 0.25) is 0 Å². The molecule has 2 aromatic rings. The van der Waals surface area contributed by atoms with Crippen molar-refractivity contribution in [1.29, 1.82) is 0 Å². The van der Waals surface area contributed by atoms with Crippen LogP contribution < -0.4 is 4.74 Å². The van der Waals surface area contributed by atoms with E-state index in [2.05, 4.69) is 15.9 Å². The number of hydrogen-bond acceptors (Lipinski definition) is 3. The Kier molecular flexibility index (Phi) is 5.70. The number of benzene rings is 1. The third-order valence-electron chi connectivity index (χ3n) is 2.81. The third kappa shape index (κ3) is 5.97. The van der Waals surface area contributed by atoms with E-state index in [1.807, 2.05) is 0 Å². The first-order valence-electron chi connectivity index (χ1n) is 6.59. The molecule has 124 valence electrons. The highest BCUT2D eigenvalue weighted by Crippen LogP contribution is 2.20. The summed E-state index contributed by atoms with van der Waals surface area (Å²) in [4.78, 5) is 12.7. The molecule has 0 aliphatic heterocycles. The summed E-state index contributed by atoms with van der Waals surface area (Å²) in [6.45, 7) is -2.13. The summed E-state index contributed by atoms with van der Waals surface area (Å²) in [5.74, 6) is -0.124. The van der Waals surface area contributed by atoms with Gasteiger partial charge in [-0.1, -0.05) is 22.0 Å². The number of furan rings is 1. The second-order valence-corrected chi connectivity index (χ2v) is 5.61. The maximum atomic E-state index is 12.6. The second-order valence-electron chi connectivity index (χ2n) is 4.69. The highest BCUT2D eigenvalue weighted by Gasteiger charge is 2.33. The Morgan fingerprint density at radius 2 is 2.04 bits per heavy atom.